The van der Waals surface area contributed by atoms with Gasteiger partial charge in [0.15, 0.2) is 0 Å². The number of pyridine rings is 1. The molecule has 0 atom stereocenters. The molecule has 0 aliphatic carbocycles. The predicted molar refractivity (Wildman–Crippen MR) is 164 cm³/mol. The number of aromatic nitrogens is 1. The summed E-state index contributed by atoms with van der Waals surface area (Å²) in [6.07, 6.45) is 4.07. The van der Waals surface area contributed by atoms with Crippen molar-refractivity contribution in [2.24, 2.45) is 0 Å². The molecule has 0 amide bonds. The molecule has 2 heteroatoms. The van der Waals surface area contributed by atoms with E-state index in [9.17, 15) is 0 Å². The normalized spacial score (nSPS) is 11.5. The van der Waals surface area contributed by atoms with Gasteiger partial charge in [0, 0.05) is 28.1 Å². The van der Waals surface area contributed by atoms with Crippen LogP contribution in [0.15, 0.2) is 120 Å². The van der Waals surface area contributed by atoms with Gasteiger partial charge in [-0.05, 0) is 81.8 Å². The van der Waals surface area contributed by atoms with Crippen LogP contribution in [0.2, 0.25) is 0 Å². The third kappa shape index (κ3) is 4.19. The molecule has 2 heterocycles. The Labute approximate surface area is 228 Å². The van der Waals surface area contributed by atoms with Crippen LogP contribution in [0.3, 0.4) is 0 Å². The Kier molecular flexibility index (Phi) is 5.74. The van der Waals surface area contributed by atoms with E-state index in [-0.39, 0.29) is 0 Å². The highest BCUT2D eigenvalue weighted by Crippen LogP contribution is 2.36. The zero-order valence-corrected chi connectivity index (χ0v) is 22.2. The summed E-state index contributed by atoms with van der Waals surface area (Å²) in [4.78, 5) is 4.85. The molecule has 0 saturated heterocycles. The number of fused-ring (bicyclic) bond motifs is 4. The van der Waals surface area contributed by atoms with Gasteiger partial charge in [-0.2, -0.15) is 0 Å². The number of hydrogen-bond donors (Lipinski definition) is 0. The molecule has 188 valence electrons. The zero-order chi connectivity index (χ0) is 26.3. The molecule has 5 aromatic carbocycles. The lowest BCUT2D eigenvalue weighted by molar-refractivity contribution is 0.670. The van der Waals surface area contributed by atoms with E-state index in [1.807, 2.05) is 24.4 Å². The lowest BCUT2D eigenvalue weighted by atomic mass is 9.95. The minimum absolute atomic E-state index is 0.885. The van der Waals surface area contributed by atoms with E-state index >= 15 is 0 Å². The Bertz CT molecular complexity index is 1960. The van der Waals surface area contributed by atoms with Crippen LogP contribution in [-0.2, 0) is 12.8 Å². The molecule has 0 spiro atoms. The molecule has 0 aliphatic rings. The minimum atomic E-state index is 0.885. The van der Waals surface area contributed by atoms with Crippen LogP contribution in [0.1, 0.15) is 25.0 Å². The van der Waals surface area contributed by atoms with E-state index < -0.39 is 0 Å². The number of hydrogen-bond acceptors (Lipinski definition) is 2. The van der Waals surface area contributed by atoms with E-state index in [1.165, 1.54) is 33.0 Å². The van der Waals surface area contributed by atoms with E-state index in [1.54, 1.807) is 0 Å². The number of rotatable bonds is 5. The maximum atomic E-state index is 6.23. The summed E-state index contributed by atoms with van der Waals surface area (Å²) in [7, 11) is 0. The van der Waals surface area contributed by atoms with Gasteiger partial charge >= 0.3 is 0 Å². The fourth-order valence-corrected chi connectivity index (χ4v) is 5.62. The highest BCUT2D eigenvalue weighted by Gasteiger charge is 2.13. The third-order valence-electron chi connectivity index (χ3n) is 7.82. The van der Waals surface area contributed by atoms with Gasteiger partial charge in [-0.25, -0.2) is 0 Å². The summed E-state index contributed by atoms with van der Waals surface area (Å²) in [6, 6.07) is 39.2. The van der Waals surface area contributed by atoms with Crippen molar-refractivity contribution in [3.8, 4) is 33.5 Å². The van der Waals surface area contributed by atoms with Gasteiger partial charge in [-0.15, -0.1) is 0 Å². The quantitative estimate of drug-likeness (QED) is 0.233. The molecular weight excluding hydrogens is 474 g/mol. The van der Waals surface area contributed by atoms with Gasteiger partial charge in [0.05, 0.1) is 5.69 Å². The van der Waals surface area contributed by atoms with Crippen LogP contribution in [-0.4, -0.2) is 4.98 Å². The Morgan fingerprint density at radius 1 is 0.564 bits per heavy atom. The van der Waals surface area contributed by atoms with Gasteiger partial charge in [-0.3, -0.25) is 4.98 Å². The van der Waals surface area contributed by atoms with Gasteiger partial charge in [-0.1, -0.05) is 92.7 Å². The molecule has 0 bridgehead atoms. The summed E-state index contributed by atoms with van der Waals surface area (Å²) in [5, 5.41) is 4.73. The van der Waals surface area contributed by atoms with Crippen LogP contribution in [0.25, 0.3) is 66.2 Å². The number of aryl methyl sites for hydroxylation is 2. The average Bonchev–Trinajstić information content (AvgIpc) is 3.39. The molecule has 2 aromatic heterocycles. The minimum Gasteiger partial charge on any atom is -0.455 e. The van der Waals surface area contributed by atoms with Crippen molar-refractivity contribution in [2.75, 3.05) is 0 Å². The molecule has 0 unspecified atom stereocenters. The molecule has 0 saturated carbocycles. The number of benzene rings is 5. The first-order chi connectivity index (χ1) is 19.2. The molecule has 7 aromatic rings. The van der Waals surface area contributed by atoms with E-state index in [0.717, 1.165) is 57.2 Å². The monoisotopic (exact) mass is 503 g/mol. The molecular formula is C37H29NO. The van der Waals surface area contributed by atoms with Crippen molar-refractivity contribution >= 4 is 32.7 Å². The molecule has 7 rings (SSSR count). The van der Waals surface area contributed by atoms with Crippen LogP contribution >= 0.6 is 0 Å². The fraction of sp³-hybridized carbons (Fsp3) is 0.108. The maximum absolute atomic E-state index is 6.23. The van der Waals surface area contributed by atoms with Crippen molar-refractivity contribution in [2.45, 2.75) is 26.7 Å². The molecule has 0 fully saturated rings. The smallest absolute Gasteiger partial charge is 0.144 e. The highest BCUT2D eigenvalue weighted by atomic mass is 16.3. The first-order valence-corrected chi connectivity index (χ1v) is 13.7. The number of furan rings is 1. The molecule has 0 aliphatic heterocycles. The summed E-state index contributed by atoms with van der Waals surface area (Å²) in [5.74, 6) is 0. The van der Waals surface area contributed by atoms with Gasteiger partial charge < -0.3 is 4.42 Å². The number of nitrogens with zero attached hydrogens (tertiary/aromatic N) is 1. The zero-order valence-electron chi connectivity index (χ0n) is 22.2. The lowest BCUT2D eigenvalue weighted by Gasteiger charge is -2.10. The summed E-state index contributed by atoms with van der Waals surface area (Å²) < 4.78 is 6.23. The second-order valence-corrected chi connectivity index (χ2v) is 10.2. The molecule has 39 heavy (non-hydrogen) atoms. The molecule has 0 radical (unpaired) electrons. The fourth-order valence-electron chi connectivity index (χ4n) is 5.62. The highest BCUT2D eigenvalue weighted by molar-refractivity contribution is 6.09. The summed E-state index contributed by atoms with van der Waals surface area (Å²) >= 11 is 0. The Balaban J connectivity index is 1.22. The van der Waals surface area contributed by atoms with Crippen LogP contribution < -0.4 is 0 Å². The Morgan fingerprint density at radius 3 is 1.92 bits per heavy atom. The second-order valence-electron chi connectivity index (χ2n) is 10.2. The van der Waals surface area contributed by atoms with Crippen LogP contribution in [0.5, 0.6) is 0 Å². The average molecular weight is 504 g/mol. The predicted octanol–water partition coefficient (Wildman–Crippen LogP) is 10.3. The molecule has 2 nitrogen and oxygen atoms in total. The largest absolute Gasteiger partial charge is 0.455 e. The van der Waals surface area contributed by atoms with Crippen molar-refractivity contribution in [3.63, 3.8) is 0 Å². The van der Waals surface area contributed by atoms with Crippen molar-refractivity contribution < 1.29 is 4.42 Å². The van der Waals surface area contributed by atoms with E-state index in [4.69, 9.17) is 9.40 Å². The van der Waals surface area contributed by atoms with Gasteiger partial charge in [0.2, 0.25) is 0 Å². The Morgan fingerprint density at radius 2 is 1.23 bits per heavy atom. The lowest BCUT2D eigenvalue weighted by Crippen LogP contribution is -1.89. The first-order valence-electron chi connectivity index (χ1n) is 13.7. The molecule has 0 N–H and O–H groups in total. The van der Waals surface area contributed by atoms with Crippen LogP contribution in [0.4, 0.5) is 0 Å². The first kappa shape index (κ1) is 23.4. The maximum Gasteiger partial charge on any atom is 0.144 e. The summed E-state index contributed by atoms with van der Waals surface area (Å²) in [6.45, 7) is 4.45. The van der Waals surface area contributed by atoms with Crippen molar-refractivity contribution in [1.82, 2.24) is 4.98 Å². The standard InChI is InChI=1S/C37H29NO/c1-3-24-18-25(4-2)20-31(19-24)29-15-13-26-21-28(14-12-27(26)22-29)30-16-17-35(38-23-30)34-10-7-9-33-32-8-5-6-11-36(32)39-37(33)34/h5-23H,3-4H2,1-2H3. The summed E-state index contributed by atoms with van der Waals surface area (Å²) in [5.41, 5.74) is 11.3. The number of para-hydroxylation sites is 2. The van der Waals surface area contributed by atoms with Gasteiger partial charge in [0.1, 0.15) is 11.2 Å². The topological polar surface area (TPSA) is 26.0 Å². The van der Waals surface area contributed by atoms with Gasteiger partial charge in [0.25, 0.3) is 0 Å². The van der Waals surface area contributed by atoms with Crippen molar-refractivity contribution in [3.05, 3.63) is 127 Å². The third-order valence-corrected chi connectivity index (χ3v) is 7.82. The SMILES string of the molecule is CCc1cc(CC)cc(-c2ccc3cc(-c4ccc(-c5cccc6c5oc5ccccc56)nc4)ccc3c2)c1. The second kappa shape index (κ2) is 9.56. The van der Waals surface area contributed by atoms with Crippen LogP contribution in [0, 0.1) is 0 Å². The Hall–Kier alpha value is -4.69. The van der Waals surface area contributed by atoms with E-state index in [2.05, 4.69) is 105 Å². The van der Waals surface area contributed by atoms with E-state index in [0.29, 0.717) is 0 Å². The van der Waals surface area contributed by atoms with Crippen molar-refractivity contribution in [1.29, 1.82) is 0 Å².